The van der Waals surface area contributed by atoms with Crippen molar-refractivity contribution in [2.75, 3.05) is 20.2 Å². The van der Waals surface area contributed by atoms with Crippen LogP contribution < -0.4 is 0 Å². The predicted octanol–water partition coefficient (Wildman–Crippen LogP) is 4.19. The summed E-state index contributed by atoms with van der Waals surface area (Å²) in [6, 6.07) is 14.7. The van der Waals surface area contributed by atoms with E-state index in [0.29, 0.717) is 0 Å². The first kappa shape index (κ1) is 18.8. The molecular weight excluding hydrogens is 353 g/mol. The Balaban J connectivity index is 1.66. The number of aliphatic hydroxyl groups is 1. The van der Waals surface area contributed by atoms with Gasteiger partial charge in [0.25, 0.3) is 0 Å². The van der Waals surface area contributed by atoms with Crippen molar-refractivity contribution in [3.05, 3.63) is 71.7 Å². The summed E-state index contributed by atoms with van der Waals surface area (Å²) in [5.74, 6) is -0.251. The molecule has 28 heavy (non-hydrogen) atoms. The van der Waals surface area contributed by atoms with E-state index in [4.69, 9.17) is 5.10 Å². The Labute approximate surface area is 165 Å². The van der Waals surface area contributed by atoms with Gasteiger partial charge in [0.1, 0.15) is 5.82 Å². The molecule has 3 aromatic rings. The summed E-state index contributed by atoms with van der Waals surface area (Å²) in [5.41, 5.74) is 5.12. The lowest BCUT2D eigenvalue weighted by Gasteiger charge is -2.22. The van der Waals surface area contributed by atoms with Crippen LogP contribution >= 0.6 is 0 Å². The van der Waals surface area contributed by atoms with E-state index in [1.54, 1.807) is 12.1 Å². The number of aliphatic hydroxyl groups excluding tert-OH is 1. The summed E-state index contributed by atoms with van der Waals surface area (Å²) in [5, 5.41) is 14.4. The summed E-state index contributed by atoms with van der Waals surface area (Å²) in [6.07, 6.45) is 4.22. The van der Waals surface area contributed by atoms with Crippen molar-refractivity contribution < 1.29 is 9.50 Å². The van der Waals surface area contributed by atoms with Crippen molar-refractivity contribution in [2.45, 2.75) is 26.3 Å². The van der Waals surface area contributed by atoms with E-state index < -0.39 is 0 Å². The van der Waals surface area contributed by atoms with Crippen LogP contribution in [0.25, 0.3) is 16.9 Å². The van der Waals surface area contributed by atoms with Crippen LogP contribution in [0.2, 0.25) is 0 Å². The van der Waals surface area contributed by atoms with Gasteiger partial charge in [-0.25, -0.2) is 9.07 Å². The lowest BCUT2D eigenvalue weighted by molar-refractivity contribution is 0.161. The van der Waals surface area contributed by atoms with Gasteiger partial charge >= 0.3 is 0 Å². The third-order valence-electron chi connectivity index (χ3n) is 5.54. The fourth-order valence-corrected chi connectivity index (χ4v) is 3.67. The zero-order valence-corrected chi connectivity index (χ0v) is 16.4. The SMILES string of the molecule is Cc1ccc(-n2cc(CN(C)CC3(CO)CC3)c(-c3ccc(F)cc3)n2)cc1. The Morgan fingerprint density at radius 3 is 2.39 bits per heavy atom. The first-order valence-electron chi connectivity index (χ1n) is 9.69. The first-order chi connectivity index (χ1) is 13.5. The fourth-order valence-electron chi connectivity index (χ4n) is 3.67. The highest BCUT2D eigenvalue weighted by Gasteiger charge is 2.42. The molecule has 1 fully saturated rings. The molecule has 4 rings (SSSR count). The Kier molecular flexibility index (Phi) is 5.04. The molecule has 2 aromatic carbocycles. The molecule has 0 bridgehead atoms. The number of hydrogen-bond acceptors (Lipinski definition) is 3. The molecule has 146 valence electrons. The molecular formula is C23H26FN3O. The average Bonchev–Trinajstić information content (AvgIpc) is 3.34. The molecule has 0 unspecified atom stereocenters. The van der Waals surface area contributed by atoms with Gasteiger partial charge < -0.3 is 10.0 Å². The van der Waals surface area contributed by atoms with E-state index in [9.17, 15) is 9.50 Å². The maximum Gasteiger partial charge on any atom is 0.123 e. The number of aromatic nitrogens is 2. The van der Waals surface area contributed by atoms with Crippen LogP contribution in [-0.2, 0) is 6.54 Å². The summed E-state index contributed by atoms with van der Waals surface area (Å²) in [6.45, 7) is 3.89. The molecule has 1 saturated carbocycles. The van der Waals surface area contributed by atoms with E-state index in [0.717, 1.165) is 48.4 Å². The summed E-state index contributed by atoms with van der Waals surface area (Å²) in [4.78, 5) is 2.24. The first-order valence-corrected chi connectivity index (χ1v) is 9.69. The number of rotatable bonds is 7. The molecule has 0 spiro atoms. The molecule has 0 saturated heterocycles. The molecule has 5 heteroatoms. The second-order valence-electron chi connectivity index (χ2n) is 8.12. The number of hydrogen-bond donors (Lipinski definition) is 1. The molecule has 0 atom stereocenters. The summed E-state index contributed by atoms with van der Waals surface area (Å²) >= 11 is 0. The van der Waals surface area contributed by atoms with E-state index >= 15 is 0 Å². The second-order valence-corrected chi connectivity index (χ2v) is 8.12. The minimum atomic E-state index is -0.251. The normalized spacial score (nSPS) is 15.2. The summed E-state index contributed by atoms with van der Waals surface area (Å²) < 4.78 is 15.3. The maximum atomic E-state index is 13.4. The topological polar surface area (TPSA) is 41.3 Å². The minimum Gasteiger partial charge on any atom is -0.396 e. The largest absolute Gasteiger partial charge is 0.396 e. The number of benzene rings is 2. The van der Waals surface area contributed by atoms with Gasteiger partial charge in [0, 0.05) is 42.4 Å². The Morgan fingerprint density at radius 2 is 1.79 bits per heavy atom. The third kappa shape index (κ3) is 4.01. The molecule has 0 aliphatic heterocycles. The standard InChI is InChI=1S/C23H26FN3O/c1-17-3-9-21(10-4-17)27-14-19(13-26(2)15-23(16-28)11-12-23)22(25-27)18-5-7-20(24)8-6-18/h3-10,14,28H,11-13,15-16H2,1-2H3. The highest BCUT2D eigenvalue weighted by molar-refractivity contribution is 5.63. The maximum absolute atomic E-state index is 13.4. The smallest absolute Gasteiger partial charge is 0.123 e. The van der Waals surface area contributed by atoms with E-state index in [1.807, 2.05) is 4.68 Å². The minimum absolute atomic E-state index is 0.0672. The lowest BCUT2D eigenvalue weighted by Crippen LogP contribution is -2.28. The molecule has 0 radical (unpaired) electrons. The van der Waals surface area contributed by atoms with Crippen molar-refractivity contribution in [3.63, 3.8) is 0 Å². The van der Waals surface area contributed by atoms with Crippen molar-refractivity contribution in [3.8, 4) is 16.9 Å². The fraction of sp³-hybridized carbons (Fsp3) is 0.348. The Hall–Kier alpha value is -2.50. The number of nitrogens with zero attached hydrogens (tertiary/aromatic N) is 3. The van der Waals surface area contributed by atoms with Gasteiger partial charge in [-0.15, -0.1) is 0 Å². The number of aryl methyl sites for hydroxylation is 1. The van der Waals surface area contributed by atoms with E-state index in [2.05, 4.69) is 49.3 Å². The molecule has 1 N–H and O–H groups in total. The van der Waals surface area contributed by atoms with Crippen LogP contribution in [0, 0.1) is 18.2 Å². The van der Waals surface area contributed by atoms with Crippen molar-refractivity contribution in [1.29, 1.82) is 0 Å². The quantitative estimate of drug-likeness (QED) is 0.669. The van der Waals surface area contributed by atoms with Gasteiger partial charge in [-0.3, -0.25) is 0 Å². The van der Waals surface area contributed by atoms with Gasteiger partial charge in [-0.05, 0) is 63.2 Å². The third-order valence-corrected chi connectivity index (χ3v) is 5.54. The molecule has 1 aliphatic carbocycles. The zero-order valence-electron chi connectivity index (χ0n) is 16.4. The van der Waals surface area contributed by atoms with Crippen LogP contribution in [0.5, 0.6) is 0 Å². The Morgan fingerprint density at radius 1 is 1.11 bits per heavy atom. The second kappa shape index (κ2) is 7.49. The number of halogens is 1. The molecule has 1 heterocycles. The van der Waals surface area contributed by atoms with Gasteiger partial charge in [0.15, 0.2) is 0 Å². The van der Waals surface area contributed by atoms with Crippen molar-refractivity contribution in [1.82, 2.24) is 14.7 Å². The molecule has 1 aliphatic rings. The average molecular weight is 379 g/mol. The monoisotopic (exact) mass is 379 g/mol. The van der Waals surface area contributed by atoms with E-state index in [1.165, 1.54) is 17.7 Å². The molecule has 0 amide bonds. The van der Waals surface area contributed by atoms with E-state index in [-0.39, 0.29) is 17.8 Å². The van der Waals surface area contributed by atoms with Crippen LogP contribution in [0.4, 0.5) is 4.39 Å². The predicted molar refractivity (Wildman–Crippen MR) is 109 cm³/mol. The van der Waals surface area contributed by atoms with Crippen LogP contribution in [0.1, 0.15) is 24.0 Å². The van der Waals surface area contributed by atoms with Crippen LogP contribution in [-0.4, -0.2) is 40.0 Å². The van der Waals surface area contributed by atoms with Crippen LogP contribution in [0.15, 0.2) is 54.7 Å². The van der Waals surface area contributed by atoms with Gasteiger partial charge in [0.2, 0.25) is 0 Å². The molecule has 4 nitrogen and oxygen atoms in total. The lowest BCUT2D eigenvalue weighted by atomic mass is 10.1. The van der Waals surface area contributed by atoms with Gasteiger partial charge in [0.05, 0.1) is 11.4 Å². The van der Waals surface area contributed by atoms with Gasteiger partial charge in [-0.1, -0.05) is 17.7 Å². The van der Waals surface area contributed by atoms with Gasteiger partial charge in [-0.2, -0.15) is 5.10 Å². The van der Waals surface area contributed by atoms with Crippen molar-refractivity contribution >= 4 is 0 Å². The summed E-state index contributed by atoms with van der Waals surface area (Å²) in [7, 11) is 2.08. The molecule has 1 aromatic heterocycles. The zero-order chi connectivity index (χ0) is 19.7. The van der Waals surface area contributed by atoms with Crippen molar-refractivity contribution in [2.24, 2.45) is 5.41 Å². The highest BCUT2D eigenvalue weighted by Crippen LogP contribution is 2.45. The Bertz CT molecular complexity index is 943. The highest BCUT2D eigenvalue weighted by atomic mass is 19.1. The van der Waals surface area contributed by atoms with Crippen LogP contribution in [0.3, 0.4) is 0 Å².